The van der Waals surface area contributed by atoms with Crippen LogP contribution in [0.3, 0.4) is 0 Å². The fourth-order valence-electron chi connectivity index (χ4n) is 5.47. The van der Waals surface area contributed by atoms with Crippen LogP contribution >= 0.6 is 11.3 Å². The molecule has 0 saturated carbocycles. The highest BCUT2D eigenvalue weighted by Crippen LogP contribution is 2.42. The van der Waals surface area contributed by atoms with Crippen LogP contribution < -0.4 is 5.32 Å². The smallest absolute Gasteiger partial charge is 0.338 e. The molecule has 0 aliphatic carbocycles. The van der Waals surface area contributed by atoms with E-state index in [0.29, 0.717) is 22.1 Å². The SMILES string of the molecule is CCOC(=O)C1=C(CN2CC(F)(F)[C@@H]3[C@H]2CON3CC(C)(C)C(=O)O)NC(c2nccs2)=N[C@@H]1c1ccc(F)nc1C. The largest absolute Gasteiger partial charge is 0.481 e. The van der Waals surface area contributed by atoms with E-state index in [4.69, 9.17) is 14.6 Å². The lowest BCUT2D eigenvalue weighted by Crippen LogP contribution is -2.49. The number of amidine groups is 1. The van der Waals surface area contributed by atoms with Gasteiger partial charge in [0.25, 0.3) is 5.92 Å². The lowest BCUT2D eigenvalue weighted by molar-refractivity contribution is -0.199. The number of carboxylic acids is 1. The Morgan fingerprint density at radius 1 is 1.33 bits per heavy atom. The third kappa shape index (κ3) is 5.65. The molecule has 0 bridgehead atoms. The standard InChI is InChI=1S/C27H31F3N6O5S/c1-5-40-24(37)19-16(10-35-13-27(29,30)21-17(35)11-41-36(21)12-26(3,4)25(38)39)33-22(23-31-8-9-42-23)34-20(19)15-6-7-18(28)32-14(15)2/h6-9,17,20-21H,5,10-13H2,1-4H3,(H,33,34)(H,38,39)/t17-,20-,21+/m1/s1. The molecular weight excluding hydrogens is 577 g/mol. The van der Waals surface area contributed by atoms with Crippen LogP contribution in [0.1, 0.15) is 43.1 Å². The molecule has 5 rings (SSSR count). The van der Waals surface area contributed by atoms with Gasteiger partial charge < -0.3 is 15.2 Å². The van der Waals surface area contributed by atoms with Crippen LogP contribution in [0.4, 0.5) is 13.2 Å². The summed E-state index contributed by atoms with van der Waals surface area (Å²) in [6.07, 6.45) is 1.59. The Labute approximate surface area is 244 Å². The summed E-state index contributed by atoms with van der Waals surface area (Å²) in [5.41, 5.74) is -0.204. The number of nitrogens with zero attached hydrogens (tertiary/aromatic N) is 5. The molecule has 0 radical (unpaired) electrons. The molecule has 11 nitrogen and oxygen atoms in total. The van der Waals surface area contributed by atoms with Crippen molar-refractivity contribution >= 4 is 29.1 Å². The second kappa shape index (κ2) is 11.4. The summed E-state index contributed by atoms with van der Waals surface area (Å²) in [6.45, 7) is 5.10. The zero-order valence-electron chi connectivity index (χ0n) is 23.4. The zero-order valence-corrected chi connectivity index (χ0v) is 24.3. The number of rotatable bonds is 9. The van der Waals surface area contributed by atoms with Crippen LogP contribution in [0.2, 0.25) is 0 Å². The van der Waals surface area contributed by atoms with E-state index in [9.17, 15) is 19.1 Å². The molecule has 15 heteroatoms. The molecule has 5 heterocycles. The Bertz CT molecular complexity index is 1430. The van der Waals surface area contributed by atoms with Gasteiger partial charge in [-0.25, -0.2) is 23.5 Å². The predicted molar refractivity (Wildman–Crippen MR) is 145 cm³/mol. The number of ether oxygens (including phenoxy) is 1. The van der Waals surface area contributed by atoms with E-state index in [1.165, 1.54) is 42.2 Å². The van der Waals surface area contributed by atoms with Gasteiger partial charge in [0.1, 0.15) is 12.1 Å². The number of nitrogens with one attached hydrogen (secondary N) is 1. The minimum Gasteiger partial charge on any atom is -0.481 e. The van der Waals surface area contributed by atoms with Crippen LogP contribution in [0.5, 0.6) is 0 Å². The first-order valence-corrected chi connectivity index (χ1v) is 14.2. The average molecular weight is 609 g/mol. The molecule has 2 saturated heterocycles. The summed E-state index contributed by atoms with van der Waals surface area (Å²) in [6, 6.07) is -0.505. The molecule has 2 fully saturated rings. The molecule has 0 spiro atoms. The number of hydrogen-bond donors (Lipinski definition) is 2. The van der Waals surface area contributed by atoms with Gasteiger partial charge in [0, 0.05) is 41.6 Å². The third-order valence-corrected chi connectivity index (χ3v) is 8.32. The minimum atomic E-state index is -3.24. The van der Waals surface area contributed by atoms with Crippen molar-refractivity contribution in [3.8, 4) is 0 Å². The molecule has 226 valence electrons. The van der Waals surface area contributed by atoms with Gasteiger partial charge >= 0.3 is 11.9 Å². The maximum atomic E-state index is 15.5. The molecule has 0 aromatic carbocycles. The molecule has 42 heavy (non-hydrogen) atoms. The number of pyridine rings is 1. The van der Waals surface area contributed by atoms with E-state index in [0.717, 1.165) is 5.06 Å². The summed E-state index contributed by atoms with van der Waals surface area (Å²) >= 11 is 1.29. The maximum absolute atomic E-state index is 15.5. The van der Waals surface area contributed by atoms with E-state index in [1.807, 2.05) is 0 Å². The number of aromatic nitrogens is 2. The number of alkyl halides is 2. The summed E-state index contributed by atoms with van der Waals surface area (Å²) in [7, 11) is 0. The van der Waals surface area contributed by atoms with Gasteiger partial charge in [0.2, 0.25) is 5.95 Å². The van der Waals surface area contributed by atoms with Crippen molar-refractivity contribution in [3.05, 3.63) is 57.2 Å². The predicted octanol–water partition coefficient (Wildman–Crippen LogP) is 2.94. The molecule has 2 N–H and O–H groups in total. The first kappa shape index (κ1) is 30.1. The van der Waals surface area contributed by atoms with Gasteiger partial charge in [-0.3, -0.25) is 19.5 Å². The summed E-state index contributed by atoms with van der Waals surface area (Å²) < 4.78 is 50.3. The molecule has 2 aromatic rings. The van der Waals surface area contributed by atoms with Crippen molar-refractivity contribution in [3.63, 3.8) is 0 Å². The highest BCUT2D eigenvalue weighted by Gasteiger charge is 2.61. The average Bonchev–Trinajstić information content (AvgIpc) is 3.63. The number of likely N-dealkylation sites (tertiary alicyclic amines) is 1. The van der Waals surface area contributed by atoms with Crippen molar-refractivity contribution in [2.24, 2.45) is 10.4 Å². The van der Waals surface area contributed by atoms with E-state index >= 15 is 8.78 Å². The van der Waals surface area contributed by atoms with E-state index < -0.39 is 53.9 Å². The maximum Gasteiger partial charge on any atom is 0.338 e. The fraction of sp³-hybridized carbons (Fsp3) is 0.519. The monoisotopic (exact) mass is 608 g/mol. The number of hydroxylamine groups is 2. The minimum absolute atomic E-state index is 0.0562. The van der Waals surface area contributed by atoms with Gasteiger partial charge in [0.05, 0.1) is 36.8 Å². The molecular formula is C27H31F3N6O5S. The zero-order chi connectivity index (χ0) is 30.4. The van der Waals surface area contributed by atoms with E-state index in [2.05, 4.69) is 15.3 Å². The van der Waals surface area contributed by atoms with E-state index in [1.54, 1.807) is 25.4 Å². The Balaban J connectivity index is 1.54. The van der Waals surface area contributed by atoms with Gasteiger partial charge in [-0.15, -0.1) is 11.3 Å². The normalized spacial score (nSPS) is 24.4. The number of thiazole rings is 1. The quantitative estimate of drug-likeness (QED) is 0.324. The topological polar surface area (TPSA) is 129 Å². The Hall–Kier alpha value is -3.40. The molecule has 3 aliphatic heterocycles. The summed E-state index contributed by atoms with van der Waals surface area (Å²) in [5, 5.41) is 16.0. The van der Waals surface area contributed by atoms with E-state index in [-0.39, 0.29) is 37.6 Å². The summed E-state index contributed by atoms with van der Waals surface area (Å²) in [4.78, 5) is 45.2. The molecule has 3 aliphatic rings. The molecule has 2 aromatic heterocycles. The van der Waals surface area contributed by atoms with Crippen LogP contribution in [-0.2, 0) is 19.2 Å². The summed E-state index contributed by atoms with van der Waals surface area (Å²) in [5.74, 6) is -5.45. The number of esters is 1. The van der Waals surface area contributed by atoms with Crippen LogP contribution in [0.25, 0.3) is 0 Å². The van der Waals surface area contributed by atoms with Crippen LogP contribution in [0.15, 0.2) is 40.0 Å². The number of carbonyl (C=O) groups is 2. The van der Waals surface area contributed by atoms with Gasteiger partial charge in [0.15, 0.2) is 10.8 Å². The Morgan fingerprint density at radius 3 is 2.74 bits per heavy atom. The Kier molecular flexibility index (Phi) is 8.13. The van der Waals surface area contributed by atoms with Crippen LogP contribution in [0, 0.1) is 18.3 Å². The highest BCUT2D eigenvalue weighted by atomic mass is 32.1. The van der Waals surface area contributed by atoms with Crippen molar-refractivity contribution < 1.29 is 37.4 Å². The first-order chi connectivity index (χ1) is 19.8. The lowest BCUT2D eigenvalue weighted by Gasteiger charge is -2.31. The molecule has 0 amide bonds. The number of carbonyl (C=O) groups excluding carboxylic acids is 1. The van der Waals surface area contributed by atoms with Crippen molar-refractivity contribution in [2.75, 3.05) is 32.8 Å². The number of halogens is 3. The molecule has 3 atom stereocenters. The second-order valence-electron chi connectivity index (χ2n) is 11.0. The number of aliphatic carboxylic acids is 1. The van der Waals surface area contributed by atoms with Crippen LogP contribution in [-0.4, -0.2) is 93.7 Å². The number of carboxylic acid groups (broad SMARTS) is 1. The first-order valence-electron chi connectivity index (χ1n) is 13.3. The lowest BCUT2D eigenvalue weighted by atomic mass is 9.92. The number of fused-ring (bicyclic) bond motifs is 1. The highest BCUT2D eigenvalue weighted by molar-refractivity contribution is 7.11. The number of aryl methyl sites for hydroxylation is 1. The van der Waals surface area contributed by atoms with Gasteiger partial charge in [-0.2, -0.15) is 9.45 Å². The molecule has 0 unspecified atom stereocenters. The van der Waals surface area contributed by atoms with Gasteiger partial charge in [-0.1, -0.05) is 6.07 Å². The second-order valence-corrected chi connectivity index (χ2v) is 11.9. The van der Waals surface area contributed by atoms with Gasteiger partial charge in [-0.05, 0) is 33.8 Å². The van der Waals surface area contributed by atoms with Crippen molar-refractivity contribution in [1.29, 1.82) is 0 Å². The third-order valence-electron chi connectivity index (χ3n) is 7.54. The van der Waals surface area contributed by atoms with Crippen molar-refractivity contribution in [1.82, 2.24) is 25.2 Å². The van der Waals surface area contributed by atoms with Crippen molar-refractivity contribution in [2.45, 2.75) is 51.7 Å². The fourth-order valence-corrected chi connectivity index (χ4v) is 6.05. The Morgan fingerprint density at radius 2 is 2.10 bits per heavy atom. The number of hydrogen-bond acceptors (Lipinski definition) is 11. The number of aliphatic imine (C=N–C) groups is 1.